The van der Waals surface area contributed by atoms with Crippen molar-refractivity contribution in [3.05, 3.63) is 33.8 Å². The third-order valence-electron chi connectivity index (χ3n) is 2.70. The molecular weight excluding hydrogens is 277 g/mol. The van der Waals surface area contributed by atoms with Crippen molar-refractivity contribution in [2.45, 2.75) is 12.8 Å². The Bertz CT molecular complexity index is 526. The molecule has 0 radical (unpaired) electrons. The summed E-state index contributed by atoms with van der Waals surface area (Å²) in [5, 5.41) is 0.614. The van der Waals surface area contributed by atoms with Gasteiger partial charge >= 0.3 is 0 Å². The SMILES string of the molecule is O=C(CN1C(=O)CCC1=O)c1ccc(Cl)c(Cl)c1. The molecule has 1 heterocycles. The first-order valence-electron chi connectivity index (χ1n) is 5.30. The fraction of sp³-hybridized carbons (Fsp3) is 0.250. The lowest BCUT2D eigenvalue weighted by Gasteiger charge is -2.12. The van der Waals surface area contributed by atoms with Gasteiger partial charge in [0.15, 0.2) is 5.78 Å². The van der Waals surface area contributed by atoms with E-state index in [-0.39, 0.29) is 42.0 Å². The predicted molar refractivity (Wildman–Crippen MR) is 66.7 cm³/mol. The summed E-state index contributed by atoms with van der Waals surface area (Å²) in [6, 6.07) is 4.45. The molecule has 1 aliphatic rings. The maximum absolute atomic E-state index is 11.9. The van der Waals surface area contributed by atoms with Gasteiger partial charge in [-0.3, -0.25) is 19.3 Å². The average Bonchev–Trinajstić information content (AvgIpc) is 2.64. The Morgan fingerprint density at radius 3 is 2.28 bits per heavy atom. The molecule has 0 atom stereocenters. The summed E-state index contributed by atoms with van der Waals surface area (Å²) in [6.07, 6.45) is 0.348. The number of halogens is 2. The minimum Gasteiger partial charge on any atom is -0.292 e. The van der Waals surface area contributed by atoms with Gasteiger partial charge in [-0.15, -0.1) is 0 Å². The molecular formula is C12H9Cl2NO3. The number of imide groups is 1. The Morgan fingerprint density at radius 1 is 1.11 bits per heavy atom. The van der Waals surface area contributed by atoms with Crippen LogP contribution in [0.5, 0.6) is 0 Å². The van der Waals surface area contributed by atoms with Crippen LogP contribution in [-0.2, 0) is 9.59 Å². The van der Waals surface area contributed by atoms with E-state index < -0.39 is 0 Å². The summed E-state index contributed by atoms with van der Waals surface area (Å²) < 4.78 is 0. The number of hydrogen-bond donors (Lipinski definition) is 0. The van der Waals surface area contributed by atoms with Crippen LogP contribution >= 0.6 is 23.2 Å². The number of carbonyl (C=O) groups is 3. The lowest BCUT2D eigenvalue weighted by atomic mass is 10.1. The van der Waals surface area contributed by atoms with Gasteiger partial charge in [0.1, 0.15) is 0 Å². The zero-order chi connectivity index (χ0) is 13.3. The van der Waals surface area contributed by atoms with E-state index in [1.165, 1.54) is 18.2 Å². The van der Waals surface area contributed by atoms with Gasteiger partial charge in [0.25, 0.3) is 0 Å². The third kappa shape index (κ3) is 2.54. The number of rotatable bonds is 3. The van der Waals surface area contributed by atoms with Crippen LogP contribution in [0, 0.1) is 0 Å². The highest BCUT2D eigenvalue weighted by atomic mass is 35.5. The van der Waals surface area contributed by atoms with Crippen molar-refractivity contribution in [2.75, 3.05) is 6.54 Å². The minimum absolute atomic E-state index is 0.174. The fourth-order valence-electron chi connectivity index (χ4n) is 1.70. The number of benzene rings is 1. The van der Waals surface area contributed by atoms with Crippen molar-refractivity contribution >= 4 is 40.8 Å². The highest BCUT2D eigenvalue weighted by Crippen LogP contribution is 2.23. The van der Waals surface area contributed by atoms with Gasteiger partial charge in [0, 0.05) is 18.4 Å². The van der Waals surface area contributed by atoms with E-state index in [0.717, 1.165) is 4.90 Å². The number of hydrogen-bond acceptors (Lipinski definition) is 3. The molecule has 0 saturated carbocycles. The number of Topliss-reactive ketones (excluding diaryl/α,β-unsaturated/α-hetero) is 1. The maximum atomic E-state index is 11.9. The van der Waals surface area contributed by atoms with Crippen LogP contribution in [0.2, 0.25) is 10.0 Å². The summed E-state index contributed by atoms with van der Waals surface area (Å²) in [5.41, 5.74) is 0.330. The summed E-state index contributed by atoms with van der Waals surface area (Å²) in [5.74, 6) is -0.959. The van der Waals surface area contributed by atoms with Crippen LogP contribution in [-0.4, -0.2) is 29.0 Å². The molecule has 0 spiro atoms. The lowest BCUT2D eigenvalue weighted by molar-refractivity contribution is -0.137. The molecule has 4 nitrogen and oxygen atoms in total. The van der Waals surface area contributed by atoms with Crippen molar-refractivity contribution in [1.29, 1.82) is 0 Å². The Balaban J connectivity index is 2.14. The topological polar surface area (TPSA) is 54.5 Å². The largest absolute Gasteiger partial charge is 0.292 e. The normalized spacial score (nSPS) is 15.3. The highest BCUT2D eigenvalue weighted by molar-refractivity contribution is 6.42. The molecule has 0 aromatic heterocycles. The number of ketones is 1. The molecule has 0 unspecified atom stereocenters. The van der Waals surface area contributed by atoms with Gasteiger partial charge in [-0.05, 0) is 18.2 Å². The molecule has 2 amide bonds. The van der Waals surface area contributed by atoms with E-state index >= 15 is 0 Å². The van der Waals surface area contributed by atoms with Crippen molar-refractivity contribution < 1.29 is 14.4 Å². The minimum atomic E-state index is -0.336. The summed E-state index contributed by atoms with van der Waals surface area (Å²) in [7, 11) is 0. The van der Waals surface area contributed by atoms with Crippen LogP contribution in [0.3, 0.4) is 0 Å². The molecule has 0 N–H and O–H groups in total. The number of carbonyl (C=O) groups excluding carboxylic acids is 3. The zero-order valence-corrected chi connectivity index (χ0v) is 10.8. The number of likely N-dealkylation sites (tertiary alicyclic amines) is 1. The van der Waals surface area contributed by atoms with Crippen LogP contribution in [0.4, 0.5) is 0 Å². The number of nitrogens with zero attached hydrogens (tertiary/aromatic N) is 1. The van der Waals surface area contributed by atoms with Crippen molar-refractivity contribution in [3.8, 4) is 0 Å². The first-order chi connectivity index (χ1) is 8.49. The van der Waals surface area contributed by atoms with Gasteiger partial charge in [-0.1, -0.05) is 23.2 Å². The molecule has 1 aromatic rings. The van der Waals surface area contributed by atoms with Gasteiger partial charge in [0.2, 0.25) is 11.8 Å². The van der Waals surface area contributed by atoms with Crippen molar-refractivity contribution in [3.63, 3.8) is 0 Å². The van der Waals surface area contributed by atoms with Gasteiger partial charge < -0.3 is 0 Å². The average molecular weight is 286 g/mol. The summed E-state index contributed by atoms with van der Waals surface area (Å²) >= 11 is 11.5. The van der Waals surface area contributed by atoms with E-state index in [2.05, 4.69) is 0 Å². The van der Waals surface area contributed by atoms with Crippen molar-refractivity contribution in [1.82, 2.24) is 4.90 Å². The molecule has 1 saturated heterocycles. The third-order valence-corrected chi connectivity index (χ3v) is 3.44. The van der Waals surface area contributed by atoms with E-state index in [4.69, 9.17) is 23.2 Å². The molecule has 2 rings (SSSR count). The molecule has 1 fully saturated rings. The second kappa shape index (κ2) is 5.08. The standard InChI is InChI=1S/C12H9Cl2NO3/c13-8-2-1-7(5-9(8)14)10(16)6-15-11(17)3-4-12(15)18/h1-2,5H,3-4,6H2. The molecule has 6 heteroatoms. The number of amides is 2. The Morgan fingerprint density at radius 2 is 1.72 bits per heavy atom. The first kappa shape index (κ1) is 13.1. The second-order valence-electron chi connectivity index (χ2n) is 3.93. The smallest absolute Gasteiger partial charge is 0.230 e. The highest BCUT2D eigenvalue weighted by Gasteiger charge is 2.30. The lowest BCUT2D eigenvalue weighted by Crippen LogP contribution is -2.34. The Hall–Kier alpha value is -1.39. The van der Waals surface area contributed by atoms with Crippen LogP contribution in [0.1, 0.15) is 23.2 Å². The van der Waals surface area contributed by atoms with Crippen LogP contribution < -0.4 is 0 Å². The monoisotopic (exact) mass is 285 g/mol. The zero-order valence-electron chi connectivity index (χ0n) is 9.28. The molecule has 0 aliphatic carbocycles. The maximum Gasteiger partial charge on any atom is 0.230 e. The second-order valence-corrected chi connectivity index (χ2v) is 4.74. The fourth-order valence-corrected chi connectivity index (χ4v) is 2.00. The molecule has 0 bridgehead atoms. The van der Waals surface area contributed by atoms with E-state index in [0.29, 0.717) is 10.6 Å². The van der Waals surface area contributed by atoms with E-state index in [1.807, 2.05) is 0 Å². The Kier molecular flexibility index (Phi) is 3.68. The van der Waals surface area contributed by atoms with Gasteiger partial charge in [0.05, 0.1) is 16.6 Å². The first-order valence-corrected chi connectivity index (χ1v) is 6.06. The molecule has 1 aliphatic heterocycles. The molecule has 18 heavy (non-hydrogen) atoms. The summed E-state index contributed by atoms with van der Waals surface area (Å²) in [4.78, 5) is 35.6. The quantitative estimate of drug-likeness (QED) is 0.633. The van der Waals surface area contributed by atoms with Gasteiger partial charge in [-0.25, -0.2) is 0 Å². The summed E-state index contributed by atoms with van der Waals surface area (Å²) in [6.45, 7) is -0.240. The van der Waals surface area contributed by atoms with Crippen LogP contribution in [0.15, 0.2) is 18.2 Å². The molecule has 1 aromatic carbocycles. The Labute approximate surface area is 113 Å². The van der Waals surface area contributed by atoms with Crippen molar-refractivity contribution in [2.24, 2.45) is 0 Å². The van der Waals surface area contributed by atoms with Crippen LogP contribution in [0.25, 0.3) is 0 Å². The molecule has 94 valence electrons. The van der Waals surface area contributed by atoms with E-state index in [9.17, 15) is 14.4 Å². The van der Waals surface area contributed by atoms with E-state index in [1.54, 1.807) is 0 Å². The van der Waals surface area contributed by atoms with Gasteiger partial charge in [-0.2, -0.15) is 0 Å². The predicted octanol–water partition coefficient (Wildman–Crippen LogP) is 2.33.